The van der Waals surface area contributed by atoms with E-state index in [9.17, 15) is 0 Å². The topological polar surface area (TPSA) is 28.6 Å². The zero-order valence-electron chi connectivity index (χ0n) is 13.6. The van der Waals surface area contributed by atoms with Crippen molar-refractivity contribution in [3.63, 3.8) is 0 Å². The number of pyridine rings is 1. The monoisotopic (exact) mass is 301 g/mol. The van der Waals surface area contributed by atoms with Crippen LogP contribution in [0.15, 0.2) is 18.2 Å². The number of ether oxygens (including phenoxy) is 1. The molecule has 0 aromatic carbocycles. The van der Waals surface area contributed by atoms with Crippen molar-refractivity contribution >= 4 is 5.82 Å². The van der Waals surface area contributed by atoms with Crippen molar-refractivity contribution in [2.75, 3.05) is 44.3 Å². The molecule has 1 saturated carbocycles. The van der Waals surface area contributed by atoms with Gasteiger partial charge in [0.2, 0.25) is 0 Å². The van der Waals surface area contributed by atoms with Gasteiger partial charge in [-0.05, 0) is 50.2 Å². The Morgan fingerprint density at radius 2 is 1.82 bits per heavy atom. The van der Waals surface area contributed by atoms with Crippen LogP contribution in [0.5, 0.6) is 0 Å². The summed E-state index contributed by atoms with van der Waals surface area (Å²) in [6.45, 7) is 8.55. The molecule has 2 aliphatic heterocycles. The van der Waals surface area contributed by atoms with Crippen molar-refractivity contribution in [1.29, 1.82) is 0 Å². The van der Waals surface area contributed by atoms with Crippen LogP contribution in [0.1, 0.15) is 31.4 Å². The summed E-state index contributed by atoms with van der Waals surface area (Å²) >= 11 is 0. The molecule has 0 N–H and O–H groups in total. The van der Waals surface area contributed by atoms with Crippen LogP contribution in [0, 0.1) is 12.3 Å². The summed E-state index contributed by atoms with van der Waals surface area (Å²) in [6.07, 6.45) is 5.48. The fraction of sp³-hybridized carbons (Fsp3) is 0.722. The number of nitrogens with zero attached hydrogens (tertiary/aromatic N) is 3. The largest absolute Gasteiger partial charge is 0.379 e. The Hall–Kier alpha value is -1.13. The smallest absolute Gasteiger partial charge is 0.128 e. The van der Waals surface area contributed by atoms with Crippen molar-refractivity contribution in [3.8, 4) is 0 Å². The summed E-state index contributed by atoms with van der Waals surface area (Å²) in [5.41, 5.74) is 1.75. The third-order valence-corrected chi connectivity index (χ3v) is 5.92. The van der Waals surface area contributed by atoms with Crippen LogP contribution in [0.3, 0.4) is 0 Å². The first-order valence-corrected chi connectivity index (χ1v) is 8.75. The number of rotatable bonds is 2. The van der Waals surface area contributed by atoms with Gasteiger partial charge in [-0.25, -0.2) is 4.98 Å². The second-order valence-electron chi connectivity index (χ2n) is 7.33. The highest BCUT2D eigenvalue weighted by Crippen LogP contribution is 2.51. The normalized spacial score (nSPS) is 26.1. The van der Waals surface area contributed by atoms with E-state index in [1.54, 1.807) is 0 Å². The van der Waals surface area contributed by atoms with Crippen molar-refractivity contribution in [2.45, 2.75) is 38.6 Å². The van der Waals surface area contributed by atoms with Crippen LogP contribution in [-0.4, -0.2) is 55.3 Å². The van der Waals surface area contributed by atoms with Gasteiger partial charge in [0.1, 0.15) is 5.82 Å². The van der Waals surface area contributed by atoms with E-state index in [4.69, 9.17) is 4.74 Å². The van der Waals surface area contributed by atoms with E-state index in [2.05, 4.69) is 39.9 Å². The van der Waals surface area contributed by atoms with Crippen LogP contribution in [0.4, 0.5) is 5.82 Å². The molecule has 22 heavy (non-hydrogen) atoms. The molecular formula is C18H27N3O. The number of hydrogen-bond donors (Lipinski definition) is 0. The molecule has 0 amide bonds. The van der Waals surface area contributed by atoms with Crippen LogP contribution in [0.25, 0.3) is 0 Å². The third kappa shape index (κ3) is 2.74. The van der Waals surface area contributed by atoms with Crippen LogP contribution in [-0.2, 0) is 4.74 Å². The fourth-order valence-corrected chi connectivity index (χ4v) is 4.46. The van der Waals surface area contributed by atoms with Gasteiger partial charge in [-0.3, -0.25) is 4.90 Å². The van der Waals surface area contributed by atoms with E-state index in [0.717, 1.165) is 38.0 Å². The Labute approximate surface area is 133 Å². The zero-order valence-corrected chi connectivity index (χ0v) is 13.6. The van der Waals surface area contributed by atoms with Gasteiger partial charge in [0, 0.05) is 37.9 Å². The molecule has 1 aromatic rings. The molecule has 4 rings (SSSR count). The summed E-state index contributed by atoms with van der Waals surface area (Å²) < 4.78 is 5.47. The van der Waals surface area contributed by atoms with E-state index >= 15 is 0 Å². The molecule has 0 bridgehead atoms. The predicted octanol–water partition coefficient (Wildman–Crippen LogP) is 2.47. The van der Waals surface area contributed by atoms with Gasteiger partial charge in [-0.1, -0.05) is 6.07 Å². The minimum Gasteiger partial charge on any atom is -0.379 e. The quantitative estimate of drug-likeness (QED) is 0.839. The average Bonchev–Trinajstić information content (AvgIpc) is 2.54. The molecule has 4 nitrogen and oxygen atoms in total. The summed E-state index contributed by atoms with van der Waals surface area (Å²) in [6, 6.07) is 7.18. The number of piperidine rings is 1. The van der Waals surface area contributed by atoms with Gasteiger partial charge in [0.15, 0.2) is 0 Å². The van der Waals surface area contributed by atoms with E-state index in [1.807, 2.05) is 0 Å². The predicted molar refractivity (Wildman–Crippen MR) is 88.3 cm³/mol. The maximum absolute atomic E-state index is 5.47. The molecule has 1 aromatic heterocycles. The molecule has 3 fully saturated rings. The first-order chi connectivity index (χ1) is 10.7. The first kappa shape index (κ1) is 14.5. The molecule has 0 atom stereocenters. The van der Waals surface area contributed by atoms with Gasteiger partial charge in [0.25, 0.3) is 0 Å². The number of hydrogen-bond acceptors (Lipinski definition) is 4. The molecule has 0 unspecified atom stereocenters. The van der Waals surface area contributed by atoms with Crippen molar-refractivity contribution in [2.24, 2.45) is 5.41 Å². The SMILES string of the molecule is Cc1cccc(N2CCC3(CC2)CC(N2CCOCC2)C3)n1. The molecule has 1 spiro atoms. The highest BCUT2D eigenvalue weighted by atomic mass is 16.5. The zero-order chi connectivity index (χ0) is 15.0. The highest BCUT2D eigenvalue weighted by molar-refractivity contribution is 5.40. The van der Waals surface area contributed by atoms with Crippen molar-refractivity contribution in [1.82, 2.24) is 9.88 Å². The van der Waals surface area contributed by atoms with Gasteiger partial charge in [-0.2, -0.15) is 0 Å². The maximum Gasteiger partial charge on any atom is 0.128 e. The molecule has 4 heteroatoms. The van der Waals surface area contributed by atoms with Crippen molar-refractivity contribution < 1.29 is 4.74 Å². The summed E-state index contributed by atoms with van der Waals surface area (Å²) in [7, 11) is 0. The van der Waals surface area contributed by atoms with Gasteiger partial charge >= 0.3 is 0 Å². The highest BCUT2D eigenvalue weighted by Gasteiger charge is 2.47. The molecule has 0 radical (unpaired) electrons. The number of aryl methyl sites for hydroxylation is 1. The minimum absolute atomic E-state index is 0.628. The lowest BCUT2D eigenvalue weighted by atomic mass is 9.60. The summed E-state index contributed by atoms with van der Waals surface area (Å²) in [4.78, 5) is 9.81. The lowest BCUT2D eigenvalue weighted by Crippen LogP contribution is -2.57. The van der Waals surface area contributed by atoms with Crippen LogP contribution in [0.2, 0.25) is 0 Å². The maximum atomic E-state index is 5.47. The standard InChI is InChI=1S/C18H27N3O/c1-15-3-2-4-17(19-15)21-7-5-18(6-8-21)13-16(14-18)20-9-11-22-12-10-20/h2-4,16H,5-14H2,1H3. The molecule has 3 aliphatic rings. The van der Waals surface area contributed by atoms with Crippen LogP contribution < -0.4 is 4.90 Å². The Morgan fingerprint density at radius 3 is 2.50 bits per heavy atom. The average molecular weight is 301 g/mol. The fourth-order valence-electron chi connectivity index (χ4n) is 4.46. The number of anilines is 1. The molecular weight excluding hydrogens is 274 g/mol. The number of morpholine rings is 1. The Morgan fingerprint density at radius 1 is 1.09 bits per heavy atom. The third-order valence-electron chi connectivity index (χ3n) is 5.92. The molecule has 1 aliphatic carbocycles. The Kier molecular flexibility index (Phi) is 3.82. The van der Waals surface area contributed by atoms with Gasteiger partial charge in [0.05, 0.1) is 13.2 Å². The Bertz CT molecular complexity index is 511. The lowest BCUT2D eigenvalue weighted by Gasteiger charge is -2.56. The van der Waals surface area contributed by atoms with Crippen molar-refractivity contribution in [3.05, 3.63) is 23.9 Å². The molecule has 120 valence electrons. The number of aromatic nitrogens is 1. The second kappa shape index (κ2) is 5.82. The first-order valence-electron chi connectivity index (χ1n) is 8.75. The summed E-state index contributed by atoms with van der Waals surface area (Å²) in [5.74, 6) is 1.17. The van der Waals surface area contributed by atoms with E-state index in [-0.39, 0.29) is 0 Å². The second-order valence-corrected chi connectivity index (χ2v) is 7.33. The van der Waals surface area contributed by atoms with Gasteiger partial charge in [-0.15, -0.1) is 0 Å². The van der Waals surface area contributed by atoms with E-state index in [1.165, 1.54) is 44.6 Å². The lowest BCUT2D eigenvalue weighted by molar-refractivity contribution is -0.0592. The van der Waals surface area contributed by atoms with Gasteiger partial charge < -0.3 is 9.64 Å². The van der Waals surface area contributed by atoms with E-state index < -0.39 is 0 Å². The summed E-state index contributed by atoms with van der Waals surface area (Å²) in [5, 5.41) is 0. The van der Waals surface area contributed by atoms with E-state index in [0.29, 0.717) is 5.41 Å². The van der Waals surface area contributed by atoms with Crippen LogP contribution >= 0.6 is 0 Å². The minimum atomic E-state index is 0.628. The Balaban J connectivity index is 1.31. The molecule has 2 saturated heterocycles. The molecule has 3 heterocycles.